The molecule has 3 heterocycles. The highest BCUT2D eigenvalue weighted by Gasteiger charge is 2.37. The van der Waals surface area contributed by atoms with Gasteiger partial charge in [-0.25, -0.2) is 0 Å². The summed E-state index contributed by atoms with van der Waals surface area (Å²) < 4.78 is 17.0. The SMILES string of the molecule is COCC1CN(Cc2ccc(Br)o2)CC1c1nc(C)no1. The highest BCUT2D eigenvalue weighted by atomic mass is 79.9. The van der Waals surface area contributed by atoms with E-state index in [2.05, 4.69) is 31.0 Å². The summed E-state index contributed by atoms with van der Waals surface area (Å²) in [6.45, 7) is 5.09. The number of ether oxygens (including phenoxy) is 1. The van der Waals surface area contributed by atoms with Crippen LogP contribution in [0.15, 0.2) is 25.7 Å². The lowest BCUT2D eigenvalue weighted by Gasteiger charge is -2.13. The number of halogens is 1. The first-order chi connectivity index (χ1) is 10.2. The van der Waals surface area contributed by atoms with Crippen molar-refractivity contribution >= 4 is 15.9 Å². The standard InChI is InChI=1S/C14H18BrN3O3/c1-9-16-14(21-17-9)12-7-18(5-10(12)8-19-2)6-11-3-4-13(15)20-11/h3-4,10,12H,5-8H2,1-2H3. The number of furan rings is 1. The monoisotopic (exact) mass is 355 g/mol. The quantitative estimate of drug-likeness (QED) is 0.821. The molecule has 6 nitrogen and oxygen atoms in total. The highest BCUT2D eigenvalue weighted by Crippen LogP contribution is 2.33. The van der Waals surface area contributed by atoms with Crippen molar-refractivity contribution in [2.24, 2.45) is 5.92 Å². The van der Waals surface area contributed by atoms with Gasteiger partial charge in [-0.3, -0.25) is 4.90 Å². The number of methoxy groups -OCH3 is 1. The summed E-state index contributed by atoms with van der Waals surface area (Å²) >= 11 is 3.33. The van der Waals surface area contributed by atoms with Gasteiger partial charge in [-0.15, -0.1) is 0 Å². The Hall–Kier alpha value is -1.18. The van der Waals surface area contributed by atoms with Gasteiger partial charge in [-0.1, -0.05) is 5.16 Å². The maximum atomic E-state index is 5.58. The molecule has 0 saturated carbocycles. The van der Waals surface area contributed by atoms with Crippen LogP contribution in [0.3, 0.4) is 0 Å². The molecule has 114 valence electrons. The van der Waals surface area contributed by atoms with E-state index in [1.165, 1.54) is 0 Å². The van der Waals surface area contributed by atoms with E-state index in [1.807, 2.05) is 19.1 Å². The predicted molar refractivity (Wildman–Crippen MR) is 78.8 cm³/mol. The number of aryl methyl sites for hydroxylation is 1. The van der Waals surface area contributed by atoms with Gasteiger partial charge in [0.05, 0.1) is 19.1 Å². The van der Waals surface area contributed by atoms with Crippen LogP contribution >= 0.6 is 15.9 Å². The largest absolute Gasteiger partial charge is 0.453 e. The maximum absolute atomic E-state index is 5.58. The van der Waals surface area contributed by atoms with Crippen molar-refractivity contribution in [2.75, 3.05) is 26.8 Å². The smallest absolute Gasteiger partial charge is 0.231 e. The zero-order chi connectivity index (χ0) is 14.8. The fourth-order valence-corrected chi connectivity index (χ4v) is 3.21. The van der Waals surface area contributed by atoms with Gasteiger partial charge < -0.3 is 13.7 Å². The third-order valence-corrected chi connectivity index (χ3v) is 4.19. The fourth-order valence-electron chi connectivity index (χ4n) is 2.87. The average molecular weight is 356 g/mol. The van der Waals surface area contributed by atoms with Crippen molar-refractivity contribution in [2.45, 2.75) is 19.4 Å². The van der Waals surface area contributed by atoms with Gasteiger partial charge >= 0.3 is 0 Å². The Balaban J connectivity index is 1.71. The van der Waals surface area contributed by atoms with Crippen molar-refractivity contribution in [1.82, 2.24) is 15.0 Å². The van der Waals surface area contributed by atoms with E-state index in [4.69, 9.17) is 13.7 Å². The van der Waals surface area contributed by atoms with E-state index >= 15 is 0 Å². The first kappa shape index (κ1) is 14.7. The third kappa shape index (κ3) is 3.36. The maximum Gasteiger partial charge on any atom is 0.231 e. The summed E-state index contributed by atoms with van der Waals surface area (Å²) in [6.07, 6.45) is 0. The molecule has 0 aliphatic carbocycles. The summed E-state index contributed by atoms with van der Waals surface area (Å²) in [6, 6.07) is 3.90. The van der Waals surface area contributed by atoms with Crippen LogP contribution in [-0.4, -0.2) is 41.8 Å². The number of hydrogen-bond donors (Lipinski definition) is 0. The van der Waals surface area contributed by atoms with E-state index in [9.17, 15) is 0 Å². The van der Waals surface area contributed by atoms with Crippen LogP contribution < -0.4 is 0 Å². The van der Waals surface area contributed by atoms with Gasteiger partial charge in [0.25, 0.3) is 0 Å². The number of likely N-dealkylation sites (tertiary alicyclic amines) is 1. The van der Waals surface area contributed by atoms with Gasteiger partial charge in [-0.2, -0.15) is 4.98 Å². The Labute approximate surface area is 131 Å². The van der Waals surface area contributed by atoms with Crippen LogP contribution in [0.2, 0.25) is 0 Å². The number of rotatable bonds is 5. The van der Waals surface area contributed by atoms with Gasteiger partial charge in [0.2, 0.25) is 5.89 Å². The molecule has 3 rings (SSSR count). The Morgan fingerprint density at radius 3 is 2.90 bits per heavy atom. The molecule has 2 aromatic heterocycles. The lowest BCUT2D eigenvalue weighted by atomic mass is 9.97. The van der Waals surface area contributed by atoms with E-state index in [-0.39, 0.29) is 5.92 Å². The topological polar surface area (TPSA) is 64.5 Å². The Morgan fingerprint density at radius 1 is 1.43 bits per heavy atom. The minimum atomic E-state index is 0.213. The fraction of sp³-hybridized carbons (Fsp3) is 0.571. The average Bonchev–Trinajstić information content (AvgIpc) is 3.12. The second-order valence-corrected chi connectivity index (χ2v) is 6.18. The van der Waals surface area contributed by atoms with Crippen LogP contribution in [0, 0.1) is 12.8 Å². The van der Waals surface area contributed by atoms with Crippen LogP contribution in [0.5, 0.6) is 0 Å². The number of nitrogens with zero attached hydrogens (tertiary/aromatic N) is 3. The molecule has 2 atom stereocenters. The van der Waals surface area contributed by atoms with Gasteiger partial charge in [0, 0.05) is 26.1 Å². The molecule has 0 amide bonds. The molecule has 0 N–H and O–H groups in total. The van der Waals surface area contributed by atoms with Crippen molar-refractivity contribution in [3.63, 3.8) is 0 Å². The van der Waals surface area contributed by atoms with Crippen molar-refractivity contribution in [1.29, 1.82) is 0 Å². The van der Waals surface area contributed by atoms with E-state index in [1.54, 1.807) is 7.11 Å². The first-order valence-corrected chi connectivity index (χ1v) is 7.70. The lowest BCUT2D eigenvalue weighted by Crippen LogP contribution is -2.20. The molecule has 2 aromatic rings. The molecule has 0 aromatic carbocycles. The van der Waals surface area contributed by atoms with Crippen molar-refractivity contribution < 1.29 is 13.7 Å². The predicted octanol–water partition coefficient (Wildman–Crippen LogP) is 2.60. The molecule has 0 spiro atoms. The molecule has 21 heavy (non-hydrogen) atoms. The van der Waals surface area contributed by atoms with Crippen LogP contribution in [0.1, 0.15) is 23.4 Å². The molecular formula is C14H18BrN3O3. The highest BCUT2D eigenvalue weighted by molar-refractivity contribution is 9.10. The Bertz CT molecular complexity index is 598. The van der Waals surface area contributed by atoms with Gasteiger partial charge in [0.15, 0.2) is 10.5 Å². The third-order valence-electron chi connectivity index (χ3n) is 3.77. The molecule has 2 unspecified atom stereocenters. The molecular weight excluding hydrogens is 338 g/mol. The number of aromatic nitrogens is 2. The van der Waals surface area contributed by atoms with Crippen molar-refractivity contribution in [3.05, 3.63) is 34.3 Å². The molecule has 1 fully saturated rings. The molecule has 0 bridgehead atoms. The Kier molecular flexibility index (Phi) is 4.42. The van der Waals surface area contributed by atoms with Gasteiger partial charge in [-0.05, 0) is 35.0 Å². The van der Waals surface area contributed by atoms with Crippen LogP contribution in [-0.2, 0) is 11.3 Å². The normalized spacial score (nSPS) is 23.0. The molecule has 1 aliphatic heterocycles. The number of hydrogen-bond acceptors (Lipinski definition) is 6. The van der Waals surface area contributed by atoms with Crippen molar-refractivity contribution in [3.8, 4) is 0 Å². The van der Waals surface area contributed by atoms with E-state index in [0.29, 0.717) is 24.2 Å². The molecule has 7 heteroatoms. The van der Waals surface area contributed by atoms with Crippen LogP contribution in [0.4, 0.5) is 0 Å². The summed E-state index contributed by atoms with van der Waals surface area (Å²) in [5, 5.41) is 3.90. The van der Waals surface area contributed by atoms with E-state index in [0.717, 1.165) is 30.1 Å². The van der Waals surface area contributed by atoms with Crippen LogP contribution in [0.25, 0.3) is 0 Å². The second-order valence-electron chi connectivity index (χ2n) is 5.40. The first-order valence-electron chi connectivity index (χ1n) is 6.91. The minimum Gasteiger partial charge on any atom is -0.453 e. The minimum absolute atomic E-state index is 0.213. The summed E-state index contributed by atoms with van der Waals surface area (Å²) in [5.74, 6) is 2.89. The molecule has 1 aliphatic rings. The van der Waals surface area contributed by atoms with E-state index < -0.39 is 0 Å². The lowest BCUT2D eigenvalue weighted by molar-refractivity contribution is 0.142. The second kappa shape index (κ2) is 6.29. The summed E-state index contributed by atoms with van der Waals surface area (Å²) in [4.78, 5) is 6.71. The zero-order valence-electron chi connectivity index (χ0n) is 12.1. The van der Waals surface area contributed by atoms with Gasteiger partial charge in [0.1, 0.15) is 5.76 Å². The molecule has 1 saturated heterocycles. The summed E-state index contributed by atoms with van der Waals surface area (Å²) in [5.41, 5.74) is 0. The zero-order valence-corrected chi connectivity index (χ0v) is 13.7. The summed E-state index contributed by atoms with van der Waals surface area (Å²) in [7, 11) is 1.72. The Morgan fingerprint density at radius 2 is 2.29 bits per heavy atom. The molecule has 0 radical (unpaired) electrons.